The van der Waals surface area contributed by atoms with Crippen LogP contribution >= 0.6 is 11.3 Å². The van der Waals surface area contributed by atoms with Crippen molar-refractivity contribution in [1.29, 1.82) is 0 Å². The van der Waals surface area contributed by atoms with E-state index < -0.39 is 10.0 Å². The molecule has 0 radical (unpaired) electrons. The number of rotatable bonds is 7. The minimum atomic E-state index is -3.70. The molecule has 0 spiro atoms. The van der Waals surface area contributed by atoms with Crippen LogP contribution < -0.4 is 15.2 Å². The number of primary sulfonamides is 1. The molecule has 0 bridgehead atoms. The van der Waals surface area contributed by atoms with Gasteiger partial charge in [0.15, 0.2) is 0 Å². The molecule has 0 aliphatic rings. The molecule has 2 rings (SSSR count). The van der Waals surface area contributed by atoms with E-state index in [0.717, 1.165) is 17.1 Å². The van der Waals surface area contributed by atoms with Gasteiger partial charge in [-0.1, -0.05) is 18.2 Å². The molecule has 118 valence electrons. The van der Waals surface area contributed by atoms with E-state index in [9.17, 15) is 13.2 Å². The normalized spacial score (nSPS) is 11.1. The number of para-hydroxylation sites is 1. The number of nitrogens with two attached hydrogens (primary N) is 1. The van der Waals surface area contributed by atoms with Crippen molar-refractivity contribution in [2.45, 2.75) is 10.6 Å². The number of carbonyl (C=O) groups is 1. The summed E-state index contributed by atoms with van der Waals surface area (Å²) in [4.78, 5) is 12.4. The number of hydrogen-bond acceptors (Lipinski definition) is 5. The predicted octanol–water partition coefficient (Wildman–Crippen LogP) is 1.13. The number of thiophene rings is 1. The summed E-state index contributed by atoms with van der Waals surface area (Å²) in [5.41, 5.74) is 0. The molecule has 0 atom stereocenters. The van der Waals surface area contributed by atoms with Gasteiger partial charge in [0.1, 0.15) is 16.6 Å². The summed E-state index contributed by atoms with van der Waals surface area (Å²) < 4.78 is 27.8. The maximum absolute atomic E-state index is 11.7. The van der Waals surface area contributed by atoms with Crippen LogP contribution in [-0.4, -0.2) is 27.5 Å². The standard InChI is InChI=1S/C14H16N2O4S2/c15-22(18,19)14-7-6-12(21-14)10-13(17)16-8-9-20-11-4-2-1-3-5-11/h1-7H,8-10H2,(H,16,17)(H2,15,18,19). The van der Waals surface area contributed by atoms with E-state index in [1.54, 1.807) is 6.07 Å². The Balaban J connectivity index is 1.73. The van der Waals surface area contributed by atoms with E-state index in [-0.39, 0.29) is 16.5 Å². The van der Waals surface area contributed by atoms with Crippen molar-refractivity contribution in [3.05, 3.63) is 47.3 Å². The molecule has 1 aromatic carbocycles. The van der Waals surface area contributed by atoms with E-state index in [1.165, 1.54) is 6.07 Å². The van der Waals surface area contributed by atoms with E-state index in [0.29, 0.717) is 18.0 Å². The second-order valence-electron chi connectivity index (χ2n) is 4.45. The summed E-state index contributed by atoms with van der Waals surface area (Å²) in [6, 6.07) is 12.3. The lowest BCUT2D eigenvalue weighted by Crippen LogP contribution is -2.29. The number of amides is 1. The third-order valence-corrected chi connectivity index (χ3v) is 5.21. The highest BCUT2D eigenvalue weighted by Gasteiger charge is 2.12. The van der Waals surface area contributed by atoms with Gasteiger partial charge in [-0.05, 0) is 24.3 Å². The van der Waals surface area contributed by atoms with Crippen molar-refractivity contribution in [2.24, 2.45) is 5.14 Å². The van der Waals surface area contributed by atoms with Gasteiger partial charge in [0.25, 0.3) is 0 Å². The lowest BCUT2D eigenvalue weighted by atomic mass is 10.3. The molecule has 3 N–H and O–H groups in total. The minimum Gasteiger partial charge on any atom is -0.492 e. The molecule has 1 aromatic heterocycles. The molecule has 0 aliphatic heterocycles. The number of benzene rings is 1. The zero-order valence-corrected chi connectivity index (χ0v) is 13.3. The average molecular weight is 340 g/mol. The third-order valence-electron chi connectivity index (χ3n) is 2.69. The maximum atomic E-state index is 11.7. The van der Waals surface area contributed by atoms with Crippen LogP contribution in [-0.2, 0) is 21.2 Å². The molecule has 0 unspecified atom stereocenters. The molecule has 1 amide bonds. The lowest BCUT2D eigenvalue weighted by Gasteiger charge is -2.07. The van der Waals surface area contributed by atoms with Gasteiger partial charge in [0.2, 0.25) is 15.9 Å². The van der Waals surface area contributed by atoms with Crippen LogP contribution in [0.15, 0.2) is 46.7 Å². The van der Waals surface area contributed by atoms with Gasteiger partial charge in [-0.15, -0.1) is 11.3 Å². The second-order valence-corrected chi connectivity index (χ2v) is 7.41. The molecular weight excluding hydrogens is 324 g/mol. The highest BCUT2D eigenvalue weighted by Crippen LogP contribution is 2.20. The fourth-order valence-corrected chi connectivity index (χ4v) is 3.48. The van der Waals surface area contributed by atoms with Crippen molar-refractivity contribution in [1.82, 2.24) is 5.32 Å². The Bertz CT molecular complexity index is 726. The summed E-state index contributed by atoms with van der Waals surface area (Å²) in [6.45, 7) is 0.740. The summed E-state index contributed by atoms with van der Waals surface area (Å²) in [7, 11) is -3.70. The first kappa shape index (κ1) is 16.5. The topological polar surface area (TPSA) is 98.5 Å². The quantitative estimate of drug-likeness (QED) is 0.738. The Morgan fingerprint density at radius 2 is 1.91 bits per heavy atom. The summed E-state index contributed by atoms with van der Waals surface area (Å²) in [6.07, 6.45) is 0.117. The van der Waals surface area contributed by atoms with E-state index >= 15 is 0 Å². The third kappa shape index (κ3) is 5.14. The van der Waals surface area contributed by atoms with Gasteiger partial charge in [0.05, 0.1) is 13.0 Å². The van der Waals surface area contributed by atoms with Crippen LogP contribution in [0.25, 0.3) is 0 Å². The Morgan fingerprint density at radius 1 is 1.18 bits per heavy atom. The molecule has 0 saturated heterocycles. The summed E-state index contributed by atoms with van der Waals surface area (Å²) >= 11 is 0.999. The van der Waals surface area contributed by atoms with Crippen molar-refractivity contribution in [2.75, 3.05) is 13.2 Å². The number of sulfonamides is 1. The molecule has 0 aliphatic carbocycles. The highest BCUT2D eigenvalue weighted by atomic mass is 32.2. The van der Waals surface area contributed by atoms with Crippen LogP contribution in [0.2, 0.25) is 0 Å². The van der Waals surface area contributed by atoms with Gasteiger partial charge in [0, 0.05) is 4.88 Å². The first-order valence-electron chi connectivity index (χ1n) is 6.51. The Labute approximate surface area is 133 Å². The first-order chi connectivity index (χ1) is 10.4. The minimum absolute atomic E-state index is 0.0581. The van der Waals surface area contributed by atoms with E-state index in [2.05, 4.69) is 5.32 Å². The van der Waals surface area contributed by atoms with Crippen molar-refractivity contribution >= 4 is 27.3 Å². The maximum Gasteiger partial charge on any atom is 0.247 e. The zero-order chi connectivity index (χ0) is 16.0. The molecule has 8 heteroatoms. The molecular formula is C14H16N2O4S2. The van der Waals surface area contributed by atoms with Crippen LogP contribution in [0.5, 0.6) is 5.75 Å². The summed E-state index contributed by atoms with van der Waals surface area (Å²) in [5.74, 6) is 0.548. The predicted molar refractivity (Wildman–Crippen MR) is 84.3 cm³/mol. The Kier molecular flexibility index (Phi) is 5.53. The average Bonchev–Trinajstić information content (AvgIpc) is 2.93. The number of hydrogen-bond donors (Lipinski definition) is 2. The van der Waals surface area contributed by atoms with Crippen molar-refractivity contribution in [3.63, 3.8) is 0 Å². The van der Waals surface area contributed by atoms with Gasteiger partial charge < -0.3 is 10.1 Å². The smallest absolute Gasteiger partial charge is 0.247 e. The van der Waals surface area contributed by atoms with Gasteiger partial charge >= 0.3 is 0 Å². The van der Waals surface area contributed by atoms with Crippen molar-refractivity contribution < 1.29 is 17.9 Å². The highest BCUT2D eigenvalue weighted by molar-refractivity contribution is 7.91. The molecule has 0 saturated carbocycles. The number of carbonyl (C=O) groups excluding carboxylic acids is 1. The van der Waals surface area contributed by atoms with Crippen LogP contribution in [0.3, 0.4) is 0 Å². The largest absolute Gasteiger partial charge is 0.492 e. The fourth-order valence-electron chi connectivity index (χ4n) is 1.70. The van der Waals surface area contributed by atoms with Crippen LogP contribution in [0.1, 0.15) is 4.88 Å². The summed E-state index contributed by atoms with van der Waals surface area (Å²) in [5, 5.41) is 7.73. The van der Waals surface area contributed by atoms with Gasteiger partial charge in [-0.3, -0.25) is 4.79 Å². The lowest BCUT2D eigenvalue weighted by molar-refractivity contribution is -0.120. The van der Waals surface area contributed by atoms with Gasteiger partial charge in [-0.2, -0.15) is 0 Å². The number of ether oxygens (including phenoxy) is 1. The fraction of sp³-hybridized carbons (Fsp3) is 0.214. The van der Waals surface area contributed by atoms with E-state index in [4.69, 9.17) is 9.88 Å². The number of nitrogens with one attached hydrogen (secondary N) is 1. The monoisotopic (exact) mass is 340 g/mol. The van der Waals surface area contributed by atoms with E-state index in [1.807, 2.05) is 30.3 Å². The first-order valence-corrected chi connectivity index (χ1v) is 8.87. The van der Waals surface area contributed by atoms with Gasteiger partial charge in [-0.25, -0.2) is 13.6 Å². The van der Waals surface area contributed by atoms with Crippen LogP contribution in [0.4, 0.5) is 0 Å². The van der Waals surface area contributed by atoms with Crippen molar-refractivity contribution in [3.8, 4) is 5.75 Å². The second kappa shape index (κ2) is 7.39. The zero-order valence-electron chi connectivity index (χ0n) is 11.7. The molecule has 0 fully saturated rings. The molecule has 22 heavy (non-hydrogen) atoms. The Hall–Kier alpha value is -1.90. The molecule has 6 nitrogen and oxygen atoms in total. The Morgan fingerprint density at radius 3 is 2.55 bits per heavy atom. The van der Waals surface area contributed by atoms with Crippen LogP contribution in [0, 0.1) is 0 Å². The SMILES string of the molecule is NS(=O)(=O)c1ccc(CC(=O)NCCOc2ccccc2)s1. The molecule has 2 aromatic rings. The molecule has 1 heterocycles.